The number of aliphatic carboxylic acids is 1. The number of aliphatic hydroxyl groups excluding tert-OH is 2. The molecule has 3 aromatic rings. The van der Waals surface area contributed by atoms with Gasteiger partial charge in [-0.05, 0) is 67.1 Å². The van der Waals surface area contributed by atoms with Gasteiger partial charge in [-0.2, -0.15) is 5.10 Å². The predicted molar refractivity (Wildman–Crippen MR) is 130 cm³/mol. The number of amides is 1. The molecule has 0 fully saturated rings. The number of carboxylic acid groups (broad SMARTS) is 1. The van der Waals surface area contributed by atoms with Crippen molar-refractivity contribution in [3.05, 3.63) is 82.7 Å². The molecule has 0 bridgehead atoms. The number of nitrogens with one attached hydrogen (secondary N) is 1. The van der Waals surface area contributed by atoms with Gasteiger partial charge in [-0.1, -0.05) is 26.0 Å². The number of halogens is 2. The summed E-state index contributed by atoms with van der Waals surface area (Å²) in [4.78, 5) is 23.9. The molecule has 38 heavy (non-hydrogen) atoms. The van der Waals surface area contributed by atoms with E-state index in [1.54, 1.807) is 12.1 Å². The third-order valence-electron chi connectivity index (χ3n) is 5.91. The molecule has 2 atom stereocenters. The molecule has 0 aliphatic heterocycles. The number of nitrogens with zero attached hydrogens (tertiary/aromatic N) is 2. The Morgan fingerprint density at radius 3 is 2.13 bits per heavy atom. The van der Waals surface area contributed by atoms with Crippen molar-refractivity contribution in [3.8, 4) is 5.69 Å². The van der Waals surface area contributed by atoms with Gasteiger partial charge in [0.2, 0.25) is 0 Å². The van der Waals surface area contributed by atoms with E-state index in [0.717, 1.165) is 0 Å². The average Bonchev–Trinajstić information content (AvgIpc) is 3.22. The van der Waals surface area contributed by atoms with Crippen LogP contribution in [0.15, 0.2) is 48.5 Å². The van der Waals surface area contributed by atoms with Crippen molar-refractivity contribution in [2.24, 2.45) is 0 Å². The summed E-state index contributed by atoms with van der Waals surface area (Å²) in [5.74, 6) is -2.81. The van der Waals surface area contributed by atoms with Crippen LogP contribution in [0.3, 0.4) is 0 Å². The van der Waals surface area contributed by atoms with Crippen LogP contribution in [0, 0.1) is 11.6 Å². The minimum atomic E-state index is -1.41. The Kier molecular flexibility index (Phi) is 12.1. The largest absolute Gasteiger partial charge is 1.00 e. The molecule has 198 valence electrons. The molecule has 0 aliphatic carbocycles. The molecule has 1 aromatic heterocycles. The monoisotopic (exact) mass is 537 g/mol. The minimum Gasteiger partial charge on any atom is -0.550 e. The zero-order valence-corrected chi connectivity index (χ0v) is 23.7. The summed E-state index contributed by atoms with van der Waals surface area (Å²) < 4.78 is 28.3. The normalized spacial score (nSPS) is 12.6. The Hall–Kier alpha value is -2.63. The van der Waals surface area contributed by atoms with Crippen molar-refractivity contribution < 1.29 is 63.2 Å². The molecule has 0 radical (unpaired) electrons. The van der Waals surface area contributed by atoms with E-state index in [4.69, 9.17) is 0 Å². The Labute approximate surface area is 242 Å². The molecule has 0 spiro atoms. The smallest absolute Gasteiger partial charge is 0.550 e. The van der Waals surface area contributed by atoms with Crippen molar-refractivity contribution in [2.45, 2.75) is 64.2 Å². The molecule has 0 aliphatic rings. The van der Waals surface area contributed by atoms with E-state index in [1.165, 1.54) is 41.1 Å². The van der Waals surface area contributed by atoms with Gasteiger partial charge >= 0.3 is 29.6 Å². The van der Waals surface area contributed by atoms with Crippen molar-refractivity contribution in [2.75, 3.05) is 0 Å². The van der Waals surface area contributed by atoms with E-state index >= 15 is 0 Å². The number of rotatable bonds is 12. The van der Waals surface area contributed by atoms with E-state index in [1.807, 2.05) is 13.8 Å². The number of carbonyl (C=O) groups is 2. The van der Waals surface area contributed by atoms with Crippen LogP contribution in [0.4, 0.5) is 8.78 Å². The first-order chi connectivity index (χ1) is 17.5. The number of hydrogen-bond donors (Lipinski definition) is 3. The molecule has 11 heteroatoms. The third kappa shape index (κ3) is 8.71. The zero-order chi connectivity index (χ0) is 27.1. The fourth-order valence-corrected chi connectivity index (χ4v) is 4.16. The maximum atomic E-state index is 13.6. The van der Waals surface area contributed by atoms with E-state index in [-0.39, 0.29) is 72.8 Å². The van der Waals surface area contributed by atoms with Crippen LogP contribution in [-0.4, -0.2) is 44.1 Å². The third-order valence-corrected chi connectivity index (χ3v) is 5.91. The molecule has 1 amide bonds. The van der Waals surface area contributed by atoms with E-state index in [2.05, 4.69) is 10.4 Å². The van der Waals surface area contributed by atoms with Gasteiger partial charge < -0.3 is 25.4 Å². The molecular formula is C27H30F2N3NaO5. The number of carboxylic acids is 1. The van der Waals surface area contributed by atoms with Crippen LogP contribution in [0.25, 0.3) is 5.69 Å². The number of hydrogen-bond acceptors (Lipinski definition) is 6. The molecule has 3 rings (SSSR count). The van der Waals surface area contributed by atoms with Gasteiger partial charge in [0.05, 0.1) is 17.9 Å². The molecule has 0 unspecified atom stereocenters. The Morgan fingerprint density at radius 2 is 1.58 bits per heavy atom. The van der Waals surface area contributed by atoms with E-state index in [9.17, 15) is 33.7 Å². The summed E-state index contributed by atoms with van der Waals surface area (Å²) in [7, 11) is 0. The standard InChI is InChI=1S/C27H31F2N3O5.Na/c1-16(2)25-23(12-11-21(33)13-22(34)14-24(35)36)32(20-9-7-19(29)8-10-20)31-26(25)27(37)30-15-17-3-5-18(28)6-4-17;/h3-10,16,21-22,33-34H,11-15H2,1-2H3,(H,30,37)(H,35,36);/q;+1/p-1/t21-,22-;/m1./s1. The van der Waals surface area contributed by atoms with Crippen LogP contribution < -0.4 is 40.0 Å². The second-order valence-electron chi connectivity index (χ2n) is 9.22. The SMILES string of the molecule is CC(C)c1c(C(=O)NCc2ccc(F)cc2)nn(-c2ccc(F)cc2)c1CC[C@@H](O)C[C@@H](O)CC(=O)[O-].[Na+]. The van der Waals surface area contributed by atoms with E-state index < -0.39 is 36.3 Å². The summed E-state index contributed by atoms with van der Waals surface area (Å²) >= 11 is 0. The number of aliphatic hydroxyl groups is 2. The zero-order valence-electron chi connectivity index (χ0n) is 21.7. The first kappa shape index (κ1) is 31.6. The Morgan fingerprint density at radius 1 is 1.00 bits per heavy atom. The van der Waals surface area contributed by atoms with Crippen LogP contribution in [-0.2, 0) is 17.8 Å². The van der Waals surface area contributed by atoms with Gasteiger partial charge in [-0.15, -0.1) is 0 Å². The summed E-state index contributed by atoms with van der Waals surface area (Å²) in [6, 6.07) is 11.3. The van der Waals surface area contributed by atoms with Gasteiger partial charge in [0, 0.05) is 30.2 Å². The van der Waals surface area contributed by atoms with Crippen molar-refractivity contribution in [3.63, 3.8) is 0 Å². The first-order valence-corrected chi connectivity index (χ1v) is 12.0. The quantitative estimate of drug-likeness (QED) is 0.265. The predicted octanol–water partition coefficient (Wildman–Crippen LogP) is -0.608. The molecule has 0 saturated heterocycles. The maximum absolute atomic E-state index is 13.6. The molecule has 1 heterocycles. The van der Waals surface area contributed by atoms with E-state index in [0.29, 0.717) is 22.5 Å². The number of benzene rings is 2. The van der Waals surface area contributed by atoms with Gasteiger partial charge in [0.1, 0.15) is 11.6 Å². The van der Waals surface area contributed by atoms with Crippen molar-refractivity contribution >= 4 is 11.9 Å². The molecule has 0 saturated carbocycles. The van der Waals surface area contributed by atoms with Gasteiger partial charge in [-0.3, -0.25) is 4.79 Å². The second-order valence-corrected chi connectivity index (χ2v) is 9.22. The van der Waals surface area contributed by atoms with Crippen LogP contribution >= 0.6 is 0 Å². The van der Waals surface area contributed by atoms with Gasteiger partial charge in [0.25, 0.3) is 5.91 Å². The second kappa shape index (κ2) is 14.5. The Balaban J connectivity index is 0.00000507. The van der Waals surface area contributed by atoms with Gasteiger partial charge in [0.15, 0.2) is 5.69 Å². The summed E-state index contributed by atoms with van der Waals surface area (Å²) in [6.07, 6.45) is -2.59. The van der Waals surface area contributed by atoms with Crippen LogP contribution in [0.5, 0.6) is 0 Å². The summed E-state index contributed by atoms with van der Waals surface area (Å²) in [5.41, 5.74) is 2.66. The Bertz CT molecular complexity index is 1220. The molecule has 2 aromatic carbocycles. The summed E-state index contributed by atoms with van der Waals surface area (Å²) in [5, 5.41) is 38.3. The van der Waals surface area contributed by atoms with Crippen molar-refractivity contribution in [1.82, 2.24) is 15.1 Å². The van der Waals surface area contributed by atoms with Gasteiger partial charge in [-0.25, -0.2) is 13.5 Å². The minimum absolute atomic E-state index is 0. The average molecular weight is 538 g/mol. The molecule has 3 N–H and O–H groups in total. The molecular weight excluding hydrogens is 507 g/mol. The summed E-state index contributed by atoms with van der Waals surface area (Å²) in [6.45, 7) is 3.95. The fraction of sp³-hybridized carbons (Fsp3) is 0.370. The van der Waals surface area contributed by atoms with Crippen molar-refractivity contribution in [1.29, 1.82) is 0 Å². The number of carbonyl (C=O) groups excluding carboxylic acids is 2. The molecule has 8 nitrogen and oxygen atoms in total. The maximum Gasteiger partial charge on any atom is 1.00 e. The fourth-order valence-electron chi connectivity index (χ4n) is 4.16. The van der Waals surface area contributed by atoms with Crippen LogP contribution in [0.2, 0.25) is 0 Å². The number of aromatic nitrogens is 2. The first-order valence-electron chi connectivity index (χ1n) is 12.0. The van der Waals surface area contributed by atoms with Crippen LogP contribution in [0.1, 0.15) is 66.3 Å². The topological polar surface area (TPSA) is 128 Å².